The molecule has 3 atom stereocenters. The second-order valence-electron chi connectivity index (χ2n) is 6.19. The van der Waals surface area contributed by atoms with E-state index in [4.69, 9.17) is 4.74 Å². The maximum absolute atomic E-state index is 13.0. The van der Waals surface area contributed by atoms with E-state index in [2.05, 4.69) is 37.4 Å². The first-order valence-electron chi connectivity index (χ1n) is 7.91. The maximum atomic E-state index is 13.0. The summed E-state index contributed by atoms with van der Waals surface area (Å²) in [5.74, 6) is 0.643. The Morgan fingerprint density at radius 2 is 2.19 bits per heavy atom. The van der Waals surface area contributed by atoms with Crippen molar-refractivity contribution in [2.24, 2.45) is 11.8 Å². The first-order valence-corrected chi connectivity index (χ1v) is 7.91. The van der Waals surface area contributed by atoms with E-state index in [1.165, 1.54) is 5.56 Å². The van der Waals surface area contributed by atoms with Crippen molar-refractivity contribution >= 4 is 11.6 Å². The summed E-state index contributed by atoms with van der Waals surface area (Å²) in [6.07, 6.45) is 1.05. The third kappa shape index (κ3) is 2.83. The van der Waals surface area contributed by atoms with E-state index in [9.17, 15) is 4.79 Å². The molecule has 2 aliphatic rings. The van der Waals surface area contributed by atoms with Crippen LogP contribution in [-0.2, 0) is 16.0 Å². The summed E-state index contributed by atoms with van der Waals surface area (Å²) in [6, 6.07) is 8.42. The number of carbonyl (C=O) groups is 1. The van der Waals surface area contributed by atoms with Gasteiger partial charge in [0.15, 0.2) is 0 Å². The number of likely N-dealkylation sites (N-methyl/N-ethyl adjacent to an activating group) is 1. The summed E-state index contributed by atoms with van der Waals surface area (Å²) in [5.41, 5.74) is 2.37. The molecule has 1 amide bonds. The fraction of sp³-hybridized carbons (Fsp3) is 0.588. The number of hydrogen-bond acceptors (Lipinski definition) is 3. The molecular formula is C17H24N2O2. The Balaban J connectivity index is 1.84. The monoisotopic (exact) mass is 288 g/mol. The molecule has 114 valence electrons. The first-order chi connectivity index (χ1) is 10.2. The van der Waals surface area contributed by atoms with Crippen molar-refractivity contribution in [3.63, 3.8) is 0 Å². The van der Waals surface area contributed by atoms with Crippen LogP contribution in [0.4, 0.5) is 5.69 Å². The molecule has 4 heteroatoms. The smallest absolute Gasteiger partial charge is 0.234 e. The van der Waals surface area contributed by atoms with Crippen molar-refractivity contribution in [3.05, 3.63) is 29.8 Å². The Kier molecular flexibility index (Phi) is 4.27. The highest BCUT2D eigenvalue weighted by molar-refractivity contribution is 5.97. The molecule has 2 heterocycles. The van der Waals surface area contributed by atoms with Crippen LogP contribution in [0, 0.1) is 11.8 Å². The van der Waals surface area contributed by atoms with Crippen molar-refractivity contribution in [2.45, 2.75) is 26.3 Å². The topological polar surface area (TPSA) is 41.6 Å². The van der Waals surface area contributed by atoms with Crippen molar-refractivity contribution in [2.75, 3.05) is 31.2 Å². The van der Waals surface area contributed by atoms with E-state index in [-0.39, 0.29) is 17.9 Å². The van der Waals surface area contributed by atoms with Gasteiger partial charge in [0, 0.05) is 18.3 Å². The largest absolute Gasteiger partial charge is 0.379 e. The number of para-hydroxylation sites is 1. The number of nitrogens with zero attached hydrogens (tertiary/aromatic N) is 1. The number of ether oxygens (including phenoxy) is 1. The Morgan fingerprint density at radius 3 is 3.00 bits per heavy atom. The van der Waals surface area contributed by atoms with Crippen molar-refractivity contribution in [3.8, 4) is 0 Å². The molecule has 0 radical (unpaired) electrons. The lowest BCUT2D eigenvalue weighted by molar-refractivity contribution is -0.123. The van der Waals surface area contributed by atoms with Crippen molar-refractivity contribution < 1.29 is 9.53 Å². The van der Waals surface area contributed by atoms with Gasteiger partial charge in [0.25, 0.3) is 0 Å². The second-order valence-corrected chi connectivity index (χ2v) is 6.19. The van der Waals surface area contributed by atoms with Gasteiger partial charge in [-0.2, -0.15) is 0 Å². The van der Waals surface area contributed by atoms with Crippen LogP contribution in [0.1, 0.15) is 19.4 Å². The molecule has 0 aliphatic carbocycles. The zero-order valence-corrected chi connectivity index (χ0v) is 12.8. The van der Waals surface area contributed by atoms with Crippen LogP contribution in [0.3, 0.4) is 0 Å². The lowest BCUT2D eigenvalue weighted by atomic mass is 9.92. The number of benzene rings is 1. The zero-order chi connectivity index (χ0) is 14.8. The predicted molar refractivity (Wildman–Crippen MR) is 83.4 cm³/mol. The van der Waals surface area contributed by atoms with E-state index in [1.807, 2.05) is 11.0 Å². The fourth-order valence-electron chi connectivity index (χ4n) is 3.47. The molecule has 0 saturated carbocycles. The maximum Gasteiger partial charge on any atom is 0.234 e. The molecule has 1 aromatic carbocycles. The van der Waals surface area contributed by atoms with Crippen molar-refractivity contribution in [1.29, 1.82) is 0 Å². The van der Waals surface area contributed by atoms with Gasteiger partial charge < -0.3 is 15.0 Å². The van der Waals surface area contributed by atoms with Gasteiger partial charge in [0.05, 0.1) is 19.1 Å². The number of hydrogen-bond donors (Lipinski definition) is 1. The third-order valence-electron chi connectivity index (χ3n) is 4.48. The van der Waals surface area contributed by atoms with Gasteiger partial charge in [-0.15, -0.1) is 0 Å². The zero-order valence-electron chi connectivity index (χ0n) is 12.8. The Morgan fingerprint density at radius 1 is 1.38 bits per heavy atom. The van der Waals surface area contributed by atoms with Crippen LogP contribution >= 0.6 is 0 Å². The van der Waals surface area contributed by atoms with E-state index in [0.717, 1.165) is 25.2 Å². The third-order valence-corrected chi connectivity index (χ3v) is 4.48. The molecule has 0 bridgehead atoms. The van der Waals surface area contributed by atoms with Gasteiger partial charge >= 0.3 is 0 Å². The van der Waals surface area contributed by atoms with Crippen molar-refractivity contribution in [1.82, 2.24) is 5.32 Å². The number of rotatable bonds is 3. The minimum absolute atomic E-state index is 0.0664. The van der Waals surface area contributed by atoms with Crippen LogP contribution in [0.5, 0.6) is 0 Å². The van der Waals surface area contributed by atoms with E-state index in [1.54, 1.807) is 0 Å². The molecule has 4 nitrogen and oxygen atoms in total. The average Bonchev–Trinajstić information content (AvgIpc) is 2.94. The summed E-state index contributed by atoms with van der Waals surface area (Å²) >= 11 is 0. The molecule has 2 aliphatic heterocycles. The molecule has 1 aromatic rings. The molecule has 3 rings (SSSR count). The fourth-order valence-corrected chi connectivity index (χ4v) is 3.47. The Bertz CT molecular complexity index is 517. The second kappa shape index (κ2) is 6.16. The number of amides is 1. The highest BCUT2D eigenvalue weighted by Crippen LogP contribution is 2.31. The summed E-state index contributed by atoms with van der Waals surface area (Å²) in [5, 5.41) is 3.38. The summed E-state index contributed by atoms with van der Waals surface area (Å²) in [4.78, 5) is 15.0. The molecular weight excluding hydrogens is 264 g/mol. The normalized spacial score (nSPS) is 28.5. The molecule has 1 N–H and O–H groups in total. The average molecular weight is 288 g/mol. The van der Waals surface area contributed by atoms with Crippen LogP contribution in [0.15, 0.2) is 24.3 Å². The Hall–Kier alpha value is -1.39. The summed E-state index contributed by atoms with van der Waals surface area (Å²) in [6.45, 7) is 7.12. The molecule has 0 aromatic heterocycles. The lowest BCUT2D eigenvalue weighted by Crippen LogP contribution is -2.48. The molecule has 1 saturated heterocycles. The van der Waals surface area contributed by atoms with Gasteiger partial charge in [-0.1, -0.05) is 32.0 Å². The number of nitrogens with one attached hydrogen (secondary N) is 1. The molecule has 3 unspecified atom stereocenters. The SMILES string of the molecule is CCNC1COCC1C(=O)N1CC(C)Cc2ccccc21. The lowest BCUT2D eigenvalue weighted by Gasteiger charge is -2.35. The minimum Gasteiger partial charge on any atom is -0.379 e. The van der Waals surface area contributed by atoms with Gasteiger partial charge in [-0.05, 0) is 30.5 Å². The number of anilines is 1. The van der Waals surface area contributed by atoms with Crippen LogP contribution in [-0.4, -0.2) is 38.3 Å². The van der Waals surface area contributed by atoms with Gasteiger partial charge in [-0.3, -0.25) is 4.79 Å². The molecule has 1 fully saturated rings. The van der Waals surface area contributed by atoms with E-state index in [0.29, 0.717) is 19.1 Å². The van der Waals surface area contributed by atoms with Gasteiger partial charge in [0.2, 0.25) is 5.91 Å². The number of fused-ring (bicyclic) bond motifs is 1. The standard InChI is InChI=1S/C17H24N2O2/c1-3-18-15-11-21-10-14(15)17(20)19-9-12(2)8-13-6-4-5-7-16(13)19/h4-7,12,14-15,18H,3,8-11H2,1-2H3. The van der Waals surface area contributed by atoms with Crippen LogP contribution < -0.4 is 10.2 Å². The summed E-state index contributed by atoms with van der Waals surface area (Å²) < 4.78 is 5.54. The highest BCUT2D eigenvalue weighted by atomic mass is 16.5. The van der Waals surface area contributed by atoms with Gasteiger partial charge in [-0.25, -0.2) is 0 Å². The highest BCUT2D eigenvalue weighted by Gasteiger charge is 2.38. The van der Waals surface area contributed by atoms with Gasteiger partial charge in [0.1, 0.15) is 0 Å². The molecule has 0 spiro atoms. The van der Waals surface area contributed by atoms with Crippen LogP contribution in [0.2, 0.25) is 0 Å². The minimum atomic E-state index is -0.0664. The number of carbonyl (C=O) groups excluding carboxylic acids is 1. The summed E-state index contributed by atoms with van der Waals surface area (Å²) in [7, 11) is 0. The van der Waals surface area contributed by atoms with E-state index < -0.39 is 0 Å². The Labute approximate surface area is 126 Å². The molecule has 21 heavy (non-hydrogen) atoms. The van der Waals surface area contributed by atoms with Crippen LogP contribution in [0.25, 0.3) is 0 Å². The predicted octanol–water partition coefficient (Wildman–Crippen LogP) is 1.84. The van der Waals surface area contributed by atoms with E-state index >= 15 is 0 Å². The first kappa shape index (κ1) is 14.5. The quantitative estimate of drug-likeness (QED) is 0.923.